The summed E-state index contributed by atoms with van der Waals surface area (Å²) in [5.74, 6) is 2.56. The van der Waals surface area contributed by atoms with Crippen molar-refractivity contribution in [2.75, 3.05) is 0 Å². The van der Waals surface area contributed by atoms with E-state index in [1.54, 1.807) is 0 Å². The monoisotopic (exact) mass is 221 g/mol. The summed E-state index contributed by atoms with van der Waals surface area (Å²) in [4.78, 5) is 14.5. The summed E-state index contributed by atoms with van der Waals surface area (Å²) >= 11 is 0. The lowest BCUT2D eigenvalue weighted by molar-refractivity contribution is -0.0127. The number of hydrogen-bond donors (Lipinski definition) is 1. The number of aliphatic imine (C=N–C) groups is 1. The van der Waals surface area contributed by atoms with Gasteiger partial charge in [-0.1, -0.05) is 0 Å². The Morgan fingerprint density at radius 1 is 1.12 bits per heavy atom. The van der Waals surface area contributed by atoms with Gasteiger partial charge in [-0.05, 0) is 63.2 Å². The molecule has 4 aliphatic rings. The molecule has 4 rings (SSSR count). The third-order valence-corrected chi connectivity index (χ3v) is 5.07. The number of nitrogens with zero attached hydrogens (tertiary/aromatic N) is 1. The summed E-state index contributed by atoms with van der Waals surface area (Å²) in [6, 6.07) is 0. The van der Waals surface area contributed by atoms with Crippen LogP contribution in [0.25, 0.3) is 0 Å². The van der Waals surface area contributed by atoms with E-state index in [4.69, 9.17) is 5.11 Å². The second-order valence-electron chi connectivity index (χ2n) is 6.18. The van der Waals surface area contributed by atoms with Crippen LogP contribution >= 0.6 is 0 Å². The SMILES string of the molecule is CC(=NC(=O)O)C12CC3CC(CC(C3)C1)C2. The molecule has 1 N–H and O–H groups in total. The third-order valence-electron chi connectivity index (χ3n) is 5.07. The first-order chi connectivity index (χ1) is 7.57. The molecular weight excluding hydrogens is 202 g/mol. The Labute approximate surface area is 96.0 Å². The molecule has 0 aromatic rings. The molecule has 3 heteroatoms. The lowest BCUT2D eigenvalue weighted by Gasteiger charge is -2.56. The van der Waals surface area contributed by atoms with Crippen LogP contribution in [0.2, 0.25) is 0 Å². The minimum absolute atomic E-state index is 0.160. The van der Waals surface area contributed by atoms with Crippen LogP contribution in [0.3, 0.4) is 0 Å². The molecule has 0 aliphatic heterocycles. The minimum Gasteiger partial charge on any atom is -0.463 e. The second kappa shape index (κ2) is 3.31. The van der Waals surface area contributed by atoms with E-state index in [9.17, 15) is 4.79 Å². The normalized spacial score (nSPS) is 46.1. The van der Waals surface area contributed by atoms with Crippen molar-refractivity contribution in [1.29, 1.82) is 0 Å². The van der Waals surface area contributed by atoms with Gasteiger partial charge in [0, 0.05) is 11.1 Å². The van der Waals surface area contributed by atoms with Gasteiger partial charge in [-0.3, -0.25) is 0 Å². The zero-order chi connectivity index (χ0) is 11.3. The van der Waals surface area contributed by atoms with Gasteiger partial charge in [-0.15, -0.1) is 0 Å². The highest BCUT2D eigenvalue weighted by Gasteiger charge is 2.52. The van der Waals surface area contributed by atoms with Crippen molar-refractivity contribution >= 4 is 11.8 Å². The molecular formula is C13H19NO2. The third kappa shape index (κ3) is 1.48. The van der Waals surface area contributed by atoms with Crippen molar-refractivity contribution in [1.82, 2.24) is 0 Å². The molecule has 0 unspecified atom stereocenters. The maximum absolute atomic E-state index is 10.7. The number of hydrogen-bond acceptors (Lipinski definition) is 1. The van der Waals surface area contributed by atoms with E-state index >= 15 is 0 Å². The molecule has 16 heavy (non-hydrogen) atoms. The van der Waals surface area contributed by atoms with E-state index in [1.807, 2.05) is 6.92 Å². The van der Waals surface area contributed by atoms with Crippen molar-refractivity contribution in [3.63, 3.8) is 0 Å². The average Bonchev–Trinajstić information content (AvgIpc) is 2.13. The van der Waals surface area contributed by atoms with Crippen LogP contribution in [-0.4, -0.2) is 16.9 Å². The van der Waals surface area contributed by atoms with Crippen LogP contribution in [0.15, 0.2) is 4.99 Å². The molecule has 0 aromatic heterocycles. The highest BCUT2D eigenvalue weighted by molar-refractivity contribution is 5.95. The Morgan fingerprint density at radius 2 is 1.56 bits per heavy atom. The fraction of sp³-hybridized carbons (Fsp3) is 0.846. The molecule has 4 aliphatic carbocycles. The van der Waals surface area contributed by atoms with Crippen LogP contribution in [0, 0.1) is 23.2 Å². The van der Waals surface area contributed by atoms with Crippen LogP contribution in [0.5, 0.6) is 0 Å². The van der Waals surface area contributed by atoms with Crippen molar-refractivity contribution < 1.29 is 9.90 Å². The second-order valence-corrected chi connectivity index (χ2v) is 6.18. The Bertz CT molecular complexity index is 324. The van der Waals surface area contributed by atoms with Crippen molar-refractivity contribution in [2.45, 2.75) is 45.4 Å². The highest BCUT2D eigenvalue weighted by atomic mass is 16.4. The Balaban J connectivity index is 1.91. The fourth-order valence-corrected chi connectivity index (χ4v) is 4.82. The van der Waals surface area contributed by atoms with Gasteiger partial charge in [0.1, 0.15) is 0 Å². The van der Waals surface area contributed by atoms with E-state index in [0.717, 1.165) is 23.5 Å². The predicted octanol–water partition coefficient (Wildman–Crippen LogP) is 3.34. The number of carboxylic acid groups (broad SMARTS) is 1. The van der Waals surface area contributed by atoms with Gasteiger partial charge in [0.25, 0.3) is 0 Å². The molecule has 4 saturated carbocycles. The minimum atomic E-state index is -1.02. The van der Waals surface area contributed by atoms with Gasteiger partial charge in [-0.25, -0.2) is 4.79 Å². The van der Waals surface area contributed by atoms with Crippen LogP contribution < -0.4 is 0 Å². The van der Waals surface area contributed by atoms with Crippen LogP contribution in [-0.2, 0) is 0 Å². The standard InChI is InChI=1S/C13H19NO2/c1-8(14-12(15)16)13-5-9-2-10(6-13)4-11(3-9)7-13/h9-11H,2-7H2,1H3,(H,15,16). The van der Waals surface area contributed by atoms with E-state index in [2.05, 4.69) is 4.99 Å². The summed E-state index contributed by atoms with van der Waals surface area (Å²) in [6.45, 7) is 1.93. The van der Waals surface area contributed by atoms with E-state index in [0.29, 0.717) is 0 Å². The largest absolute Gasteiger partial charge is 0.463 e. The molecule has 4 bridgehead atoms. The maximum atomic E-state index is 10.7. The zero-order valence-electron chi connectivity index (χ0n) is 9.78. The first kappa shape index (κ1) is 10.3. The average molecular weight is 221 g/mol. The summed E-state index contributed by atoms with van der Waals surface area (Å²) in [5.41, 5.74) is 1.05. The number of carbonyl (C=O) groups is 1. The fourth-order valence-electron chi connectivity index (χ4n) is 4.82. The molecule has 0 spiro atoms. The first-order valence-corrected chi connectivity index (χ1v) is 6.36. The van der Waals surface area contributed by atoms with Crippen molar-refractivity contribution in [2.24, 2.45) is 28.2 Å². The molecule has 3 nitrogen and oxygen atoms in total. The van der Waals surface area contributed by atoms with E-state index < -0.39 is 6.09 Å². The topological polar surface area (TPSA) is 49.7 Å². The van der Waals surface area contributed by atoms with Crippen LogP contribution in [0.1, 0.15) is 45.4 Å². The maximum Gasteiger partial charge on any atom is 0.431 e. The molecule has 1 amide bonds. The molecule has 0 aromatic carbocycles. The molecule has 0 saturated heterocycles. The Hall–Kier alpha value is -0.860. The molecule has 4 fully saturated rings. The summed E-state index contributed by atoms with van der Waals surface area (Å²) in [6.07, 6.45) is 6.73. The van der Waals surface area contributed by atoms with Crippen LogP contribution in [0.4, 0.5) is 4.79 Å². The summed E-state index contributed by atoms with van der Waals surface area (Å²) in [7, 11) is 0. The van der Waals surface area contributed by atoms with Gasteiger partial charge < -0.3 is 5.11 Å². The Kier molecular flexibility index (Phi) is 2.13. The molecule has 0 radical (unpaired) electrons. The van der Waals surface area contributed by atoms with Gasteiger partial charge in [0.2, 0.25) is 0 Å². The van der Waals surface area contributed by atoms with E-state index in [1.165, 1.54) is 38.5 Å². The number of amides is 1. The first-order valence-electron chi connectivity index (χ1n) is 6.36. The molecule has 0 atom stereocenters. The highest BCUT2D eigenvalue weighted by Crippen LogP contribution is 2.60. The molecule has 88 valence electrons. The van der Waals surface area contributed by atoms with Crippen molar-refractivity contribution in [3.05, 3.63) is 0 Å². The van der Waals surface area contributed by atoms with Gasteiger partial charge in [0.15, 0.2) is 0 Å². The van der Waals surface area contributed by atoms with Gasteiger partial charge in [0.05, 0.1) is 0 Å². The Morgan fingerprint density at radius 3 is 1.94 bits per heavy atom. The van der Waals surface area contributed by atoms with Crippen molar-refractivity contribution in [3.8, 4) is 0 Å². The lowest BCUT2D eigenvalue weighted by Crippen LogP contribution is -2.49. The van der Waals surface area contributed by atoms with Gasteiger partial charge in [-0.2, -0.15) is 4.99 Å². The smallest absolute Gasteiger partial charge is 0.431 e. The summed E-state index contributed by atoms with van der Waals surface area (Å²) < 4.78 is 0. The predicted molar refractivity (Wildman–Crippen MR) is 61.7 cm³/mol. The molecule has 0 heterocycles. The lowest BCUT2D eigenvalue weighted by atomic mass is 9.48. The van der Waals surface area contributed by atoms with E-state index in [-0.39, 0.29) is 5.41 Å². The summed E-state index contributed by atoms with van der Waals surface area (Å²) in [5, 5.41) is 8.80. The number of rotatable bonds is 1. The zero-order valence-corrected chi connectivity index (χ0v) is 9.78. The quantitative estimate of drug-likeness (QED) is 0.690. The van der Waals surface area contributed by atoms with Gasteiger partial charge >= 0.3 is 6.09 Å².